The zero-order chi connectivity index (χ0) is 15.2. The first-order valence-electron chi connectivity index (χ1n) is 7.15. The van der Waals surface area contributed by atoms with E-state index in [1.165, 1.54) is 11.1 Å². The molecule has 2 aromatic rings. The van der Waals surface area contributed by atoms with Crippen molar-refractivity contribution in [2.75, 3.05) is 0 Å². The molecule has 0 saturated carbocycles. The molecular formula is C18H20BrNO. The summed E-state index contributed by atoms with van der Waals surface area (Å²) in [6.45, 7) is 4.07. The Morgan fingerprint density at radius 1 is 1.10 bits per heavy atom. The molecule has 0 bridgehead atoms. The molecule has 2 nitrogen and oxygen atoms in total. The van der Waals surface area contributed by atoms with Crippen molar-refractivity contribution in [1.82, 2.24) is 5.32 Å². The summed E-state index contributed by atoms with van der Waals surface area (Å²) in [5.41, 5.74) is 3.56. The minimum atomic E-state index is 0.0311. The van der Waals surface area contributed by atoms with E-state index >= 15 is 0 Å². The zero-order valence-electron chi connectivity index (χ0n) is 12.4. The van der Waals surface area contributed by atoms with Crippen LogP contribution in [0.2, 0.25) is 0 Å². The van der Waals surface area contributed by atoms with E-state index in [1.807, 2.05) is 31.2 Å². The van der Waals surface area contributed by atoms with Crippen LogP contribution in [0.5, 0.6) is 0 Å². The maximum atomic E-state index is 12.0. The van der Waals surface area contributed by atoms with E-state index in [-0.39, 0.29) is 11.9 Å². The Morgan fingerprint density at radius 2 is 1.71 bits per heavy atom. The molecular weight excluding hydrogens is 326 g/mol. The van der Waals surface area contributed by atoms with Gasteiger partial charge in [-0.05, 0) is 43.5 Å². The molecule has 2 rings (SSSR count). The first kappa shape index (κ1) is 15.8. The van der Waals surface area contributed by atoms with Crippen LogP contribution in [0.25, 0.3) is 0 Å². The van der Waals surface area contributed by atoms with E-state index in [0.29, 0.717) is 6.42 Å². The summed E-state index contributed by atoms with van der Waals surface area (Å²) in [5, 5.41) is 3.04. The van der Waals surface area contributed by atoms with Crippen molar-refractivity contribution in [2.24, 2.45) is 0 Å². The van der Waals surface area contributed by atoms with Gasteiger partial charge in [0.2, 0.25) is 5.91 Å². The quantitative estimate of drug-likeness (QED) is 0.844. The second-order valence-electron chi connectivity index (χ2n) is 5.33. The lowest BCUT2D eigenvalue weighted by Gasteiger charge is -2.14. The van der Waals surface area contributed by atoms with E-state index in [2.05, 4.69) is 52.4 Å². The van der Waals surface area contributed by atoms with Crippen molar-refractivity contribution >= 4 is 21.8 Å². The van der Waals surface area contributed by atoms with Crippen molar-refractivity contribution in [2.45, 2.75) is 32.7 Å². The van der Waals surface area contributed by atoms with Crippen LogP contribution in [0.3, 0.4) is 0 Å². The second kappa shape index (κ2) is 7.41. The first-order valence-corrected chi connectivity index (χ1v) is 7.94. The van der Waals surface area contributed by atoms with Gasteiger partial charge in [-0.1, -0.05) is 57.9 Å². The van der Waals surface area contributed by atoms with Gasteiger partial charge in [0, 0.05) is 10.9 Å². The molecule has 3 heteroatoms. The molecule has 1 amide bonds. The number of benzene rings is 2. The van der Waals surface area contributed by atoms with Gasteiger partial charge < -0.3 is 5.32 Å². The largest absolute Gasteiger partial charge is 0.350 e. The molecule has 0 aliphatic heterocycles. The van der Waals surface area contributed by atoms with Crippen LogP contribution in [0.4, 0.5) is 0 Å². The molecule has 1 N–H and O–H groups in total. The number of hydrogen-bond acceptors (Lipinski definition) is 1. The summed E-state index contributed by atoms with van der Waals surface area (Å²) in [6.07, 6.45) is 1.29. The summed E-state index contributed by atoms with van der Waals surface area (Å²) >= 11 is 3.41. The minimum Gasteiger partial charge on any atom is -0.350 e. The molecule has 110 valence electrons. The van der Waals surface area contributed by atoms with Crippen LogP contribution in [0.15, 0.2) is 53.0 Å². The molecule has 0 spiro atoms. The molecule has 21 heavy (non-hydrogen) atoms. The average Bonchev–Trinajstić information content (AvgIpc) is 2.47. The number of rotatable bonds is 5. The lowest BCUT2D eigenvalue weighted by molar-refractivity contribution is -0.121. The number of carbonyl (C=O) groups is 1. The summed E-state index contributed by atoms with van der Waals surface area (Å²) in [7, 11) is 0. The molecule has 0 aliphatic carbocycles. The highest BCUT2D eigenvalue weighted by atomic mass is 79.9. The van der Waals surface area contributed by atoms with Crippen molar-refractivity contribution in [1.29, 1.82) is 0 Å². The number of aryl methyl sites for hydroxylation is 2. The van der Waals surface area contributed by atoms with E-state index in [4.69, 9.17) is 0 Å². The van der Waals surface area contributed by atoms with E-state index in [1.54, 1.807) is 0 Å². The summed E-state index contributed by atoms with van der Waals surface area (Å²) in [6, 6.07) is 16.4. The van der Waals surface area contributed by atoms with Crippen LogP contribution in [-0.4, -0.2) is 5.91 Å². The second-order valence-corrected chi connectivity index (χ2v) is 6.24. The first-order chi connectivity index (χ1) is 10.0. The standard InChI is InChI=1S/C18H20BrNO/c1-13-3-5-15(6-4-13)7-12-18(21)20-14(2)16-8-10-17(19)11-9-16/h3-6,8-11,14H,7,12H2,1-2H3,(H,20,21). The normalized spacial score (nSPS) is 12.0. The van der Waals surface area contributed by atoms with E-state index in [9.17, 15) is 4.79 Å². The molecule has 1 unspecified atom stereocenters. The number of carbonyl (C=O) groups excluding carboxylic acids is 1. The van der Waals surface area contributed by atoms with Gasteiger partial charge in [0.25, 0.3) is 0 Å². The Bertz CT molecular complexity index is 590. The highest BCUT2D eigenvalue weighted by molar-refractivity contribution is 9.10. The van der Waals surface area contributed by atoms with Crippen LogP contribution in [0.1, 0.15) is 36.1 Å². The molecule has 0 fully saturated rings. The molecule has 0 heterocycles. The fourth-order valence-electron chi connectivity index (χ4n) is 2.16. The topological polar surface area (TPSA) is 29.1 Å². The third-order valence-corrected chi connectivity index (χ3v) is 4.04. The van der Waals surface area contributed by atoms with Crippen molar-refractivity contribution < 1.29 is 4.79 Å². The summed E-state index contributed by atoms with van der Waals surface area (Å²) in [4.78, 5) is 12.0. The van der Waals surface area contributed by atoms with Crippen LogP contribution >= 0.6 is 15.9 Å². The fraction of sp³-hybridized carbons (Fsp3) is 0.278. The lowest BCUT2D eigenvalue weighted by atomic mass is 10.1. The molecule has 1 atom stereocenters. The predicted octanol–water partition coefficient (Wildman–Crippen LogP) is 4.57. The Kier molecular flexibility index (Phi) is 5.57. The number of hydrogen-bond donors (Lipinski definition) is 1. The minimum absolute atomic E-state index is 0.0311. The number of halogens is 1. The van der Waals surface area contributed by atoms with E-state index in [0.717, 1.165) is 16.5 Å². The smallest absolute Gasteiger partial charge is 0.220 e. The summed E-state index contributed by atoms with van der Waals surface area (Å²) < 4.78 is 1.05. The van der Waals surface area contributed by atoms with Crippen molar-refractivity contribution in [3.8, 4) is 0 Å². The van der Waals surface area contributed by atoms with Crippen LogP contribution in [-0.2, 0) is 11.2 Å². The van der Waals surface area contributed by atoms with Gasteiger partial charge >= 0.3 is 0 Å². The lowest BCUT2D eigenvalue weighted by Crippen LogP contribution is -2.26. The summed E-state index contributed by atoms with van der Waals surface area (Å²) in [5.74, 6) is 0.0889. The van der Waals surface area contributed by atoms with Gasteiger partial charge in [-0.15, -0.1) is 0 Å². The van der Waals surface area contributed by atoms with Gasteiger partial charge in [-0.25, -0.2) is 0 Å². The molecule has 0 aliphatic rings. The third kappa shape index (κ3) is 5.01. The SMILES string of the molecule is Cc1ccc(CCC(=O)NC(C)c2ccc(Br)cc2)cc1. The third-order valence-electron chi connectivity index (χ3n) is 3.51. The van der Waals surface area contributed by atoms with Gasteiger partial charge in [-0.2, -0.15) is 0 Å². The maximum Gasteiger partial charge on any atom is 0.220 e. The average molecular weight is 346 g/mol. The van der Waals surface area contributed by atoms with Gasteiger partial charge in [-0.3, -0.25) is 4.79 Å². The highest BCUT2D eigenvalue weighted by Crippen LogP contribution is 2.16. The molecule has 0 radical (unpaired) electrons. The van der Waals surface area contributed by atoms with Gasteiger partial charge in [0.05, 0.1) is 6.04 Å². The van der Waals surface area contributed by atoms with Crippen molar-refractivity contribution in [3.05, 3.63) is 69.7 Å². The predicted molar refractivity (Wildman–Crippen MR) is 90.2 cm³/mol. The highest BCUT2D eigenvalue weighted by Gasteiger charge is 2.09. The molecule has 0 saturated heterocycles. The monoisotopic (exact) mass is 345 g/mol. The van der Waals surface area contributed by atoms with E-state index < -0.39 is 0 Å². The Morgan fingerprint density at radius 3 is 2.33 bits per heavy atom. The maximum absolute atomic E-state index is 12.0. The number of amides is 1. The van der Waals surface area contributed by atoms with Crippen molar-refractivity contribution in [3.63, 3.8) is 0 Å². The Hall–Kier alpha value is -1.61. The number of nitrogens with one attached hydrogen (secondary N) is 1. The van der Waals surface area contributed by atoms with Gasteiger partial charge in [0.1, 0.15) is 0 Å². The molecule has 0 aromatic heterocycles. The Labute approximate surface area is 134 Å². The Balaban J connectivity index is 1.83. The van der Waals surface area contributed by atoms with Crippen LogP contribution in [0, 0.1) is 6.92 Å². The molecule has 2 aromatic carbocycles. The zero-order valence-corrected chi connectivity index (χ0v) is 14.0. The van der Waals surface area contributed by atoms with Gasteiger partial charge in [0.15, 0.2) is 0 Å². The fourth-order valence-corrected chi connectivity index (χ4v) is 2.43. The van der Waals surface area contributed by atoms with Crippen LogP contribution < -0.4 is 5.32 Å².